The molecular formula is C22H25N3O. The summed E-state index contributed by atoms with van der Waals surface area (Å²) in [6.45, 7) is 2.71. The van der Waals surface area contributed by atoms with Crippen molar-refractivity contribution in [2.45, 2.75) is 45.1 Å². The summed E-state index contributed by atoms with van der Waals surface area (Å²) in [6, 6.07) is 14.9. The first-order valence-electron chi connectivity index (χ1n) is 9.51. The quantitative estimate of drug-likeness (QED) is 0.742. The van der Waals surface area contributed by atoms with Gasteiger partial charge in [0, 0.05) is 18.2 Å². The van der Waals surface area contributed by atoms with Gasteiger partial charge in [0.25, 0.3) is 5.91 Å². The smallest absolute Gasteiger partial charge is 0.251 e. The van der Waals surface area contributed by atoms with Gasteiger partial charge in [0.15, 0.2) is 0 Å². The van der Waals surface area contributed by atoms with E-state index in [1.54, 1.807) is 0 Å². The van der Waals surface area contributed by atoms with Gasteiger partial charge < -0.3 is 9.88 Å². The second-order valence-electron chi connectivity index (χ2n) is 7.29. The highest BCUT2D eigenvalue weighted by atomic mass is 16.1. The molecule has 1 aromatic heterocycles. The number of imidazole rings is 1. The lowest BCUT2D eigenvalue weighted by atomic mass is 10.1. The van der Waals surface area contributed by atoms with Crippen LogP contribution in [0.4, 0.5) is 0 Å². The molecule has 0 radical (unpaired) electrons. The van der Waals surface area contributed by atoms with Gasteiger partial charge in [0.05, 0.1) is 17.4 Å². The van der Waals surface area contributed by atoms with E-state index in [4.69, 9.17) is 0 Å². The molecule has 0 atom stereocenters. The Kier molecular flexibility index (Phi) is 4.74. The number of aryl methyl sites for hydroxylation is 1. The van der Waals surface area contributed by atoms with Crippen LogP contribution in [-0.4, -0.2) is 22.0 Å². The van der Waals surface area contributed by atoms with Crippen LogP contribution in [0.1, 0.15) is 53.2 Å². The summed E-state index contributed by atoms with van der Waals surface area (Å²) in [6.07, 6.45) is 7.82. The zero-order valence-corrected chi connectivity index (χ0v) is 15.2. The van der Waals surface area contributed by atoms with Gasteiger partial charge >= 0.3 is 0 Å². The molecule has 2 aromatic carbocycles. The number of amides is 1. The molecule has 1 heterocycles. The minimum Gasteiger partial charge on any atom is -0.352 e. The molecule has 134 valence electrons. The molecule has 4 nitrogen and oxygen atoms in total. The number of nitrogens with one attached hydrogen (secondary N) is 1. The fourth-order valence-corrected chi connectivity index (χ4v) is 3.82. The standard InChI is InChI=1S/C22H25N3O/c1-16-6-8-17(9-7-16)12-13-23-22(26)18-10-11-21-20(14-18)24-15-25(21)19-4-2-3-5-19/h6-11,14-15,19H,2-5,12-13H2,1H3,(H,23,26). The molecule has 0 unspecified atom stereocenters. The minimum atomic E-state index is -0.0329. The molecule has 1 fully saturated rings. The Morgan fingerprint density at radius 1 is 1.15 bits per heavy atom. The number of benzene rings is 2. The van der Waals surface area contributed by atoms with Gasteiger partial charge in [-0.1, -0.05) is 42.7 Å². The third-order valence-corrected chi connectivity index (χ3v) is 5.37. The Bertz CT molecular complexity index is 905. The van der Waals surface area contributed by atoms with Crippen molar-refractivity contribution in [3.63, 3.8) is 0 Å². The number of rotatable bonds is 5. The van der Waals surface area contributed by atoms with Crippen LogP contribution >= 0.6 is 0 Å². The predicted molar refractivity (Wildman–Crippen MR) is 104 cm³/mol. The van der Waals surface area contributed by atoms with E-state index in [0.717, 1.165) is 17.5 Å². The van der Waals surface area contributed by atoms with Crippen molar-refractivity contribution in [2.75, 3.05) is 6.54 Å². The fraction of sp³-hybridized carbons (Fsp3) is 0.364. The van der Waals surface area contributed by atoms with Crippen LogP contribution in [0.25, 0.3) is 11.0 Å². The highest BCUT2D eigenvalue weighted by Gasteiger charge is 2.19. The Morgan fingerprint density at radius 3 is 2.69 bits per heavy atom. The van der Waals surface area contributed by atoms with Gasteiger partial charge in [-0.05, 0) is 49.9 Å². The monoisotopic (exact) mass is 347 g/mol. The van der Waals surface area contributed by atoms with E-state index in [1.807, 2.05) is 24.5 Å². The Hall–Kier alpha value is -2.62. The lowest BCUT2D eigenvalue weighted by Gasteiger charge is -2.12. The number of hydrogen-bond acceptors (Lipinski definition) is 2. The Balaban J connectivity index is 1.41. The van der Waals surface area contributed by atoms with Crippen LogP contribution in [0.2, 0.25) is 0 Å². The molecule has 0 bridgehead atoms. The van der Waals surface area contributed by atoms with Gasteiger partial charge in [0.2, 0.25) is 0 Å². The summed E-state index contributed by atoms with van der Waals surface area (Å²) in [5.74, 6) is -0.0329. The molecule has 0 aliphatic heterocycles. The average Bonchev–Trinajstić information content (AvgIpc) is 3.31. The van der Waals surface area contributed by atoms with Gasteiger partial charge in [-0.15, -0.1) is 0 Å². The van der Waals surface area contributed by atoms with Crippen molar-refractivity contribution in [1.82, 2.24) is 14.9 Å². The summed E-state index contributed by atoms with van der Waals surface area (Å²) in [7, 11) is 0. The third-order valence-electron chi connectivity index (χ3n) is 5.37. The third kappa shape index (κ3) is 3.50. The van der Waals surface area contributed by atoms with Gasteiger partial charge in [-0.25, -0.2) is 4.98 Å². The van der Waals surface area contributed by atoms with Gasteiger partial charge in [-0.2, -0.15) is 0 Å². The number of aromatic nitrogens is 2. The van der Waals surface area contributed by atoms with E-state index in [-0.39, 0.29) is 5.91 Å². The van der Waals surface area contributed by atoms with E-state index >= 15 is 0 Å². The maximum Gasteiger partial charge on any atom is 0.251 e. The van der Waals surface area contributed by atoms with Crippen molar-refractivity contribution in [1.29, 1.82) is 0 Å². The van der Waals surface area contributed by atoms with E-state index in [1.165, 1.54) is 36.8 Å². The van der Waals surface area contributed by atoms with Crippen molar-refractivity contribution in [2.24, 2.45) is 0 Å². The van der Waals surface area contributed by atoms with Crippen LogP contribution in [0.15, 0.2) is 48.8 Å². The molecule has 4 rings (SSSR count). The fourth-order valence-electron chi connectivity index (χ4n) is 3.82. The first-order valence-corrected chi connectivity index (χ1v) is 9.51. The molecule has 4 heteroatoms. The van der Waals surface area contributed by atoms with Crippen molar-refractivity contribution in [3.8, 4) is 0 Å². The first kappa shape index (κ1) is 16.8. The van der Waals surface area contributed by atoms with E-state index in [0.29, 0.717) is 18.2 Å². The molecule has 0 saturated heterocycles. The normalized spacial score (nSPS) is 14.8. The number of hydrogen-bond donors (Lipinski definition) is 1. The molecule has 3 aromatic rings. The highest BCUT2D eigenvalue weighted by Crippen LogP contribution is 2.32. The van der Waals surface area contributed by atoms with Crippen molar-refractivity contribution in [3.05, 3.63) is 65.5 Å². The van der Waals surface area contributed by atoms with Crippen LogP contribution in [0.3, 0.4) is 0 Å². The van der Waals surface area contributed by atoms with Crippen LogP contribution in [-0.2, 0) is 6.42 Å². The molecule has 1 aliphatic rings. The van der Waals surface area contributed by atoms with Crippen LogP contribution in [0.5, 0.6) is 0 Å². The SMILES string of the molecule is Cc1ccc(CCNC(=O)c2ccc3c(c2)ncn3C2CCCC2)cc1. The van der Waals surface area contributed by atoms with Gasteiger partial charge in [-0.3, -0.25) is 4.79 Å². The van der Waals surface area contributed by atoms with E-state index < -0.39 is 0 Å². The topological polar surface area (TPSA) is 46.9 Å². The number of fused-ring (bicyclic) bond motifs is 1. The number of carbonyl (C=O) groups is 1. The Labute approximate surface area is 154 Å². The maximum atomic E-state index is 12.5. The number of carbonyl (C=O) groups excluding carboxylic acids is 1. The average molecular weight is 347 g/mol. The predicted octanol–water partition coefficient (Wildman–Crippen LogP) is 4.43. The molecule has 1 N–H and O–H groups in total. The van der Waals surface area contributed by atoms with Crippen LogP contribution in [0, 0.1) is 6.92 Å². The van der Waals surface area contributed by atoms with Crippen molar-refractivity contribution < 1.29 is 4.79 Å². The van der Waals surface area contributed by atoms with Crippen LogP contribution < -0.4 is 5.32 Å². The molecule has 26 heavy (non-hydrogen) atoms. The van der Waals surface area contributed by atoms with E-state index in [2.05, 4.69) is 46.1 Å². The molecule has 1 amide bonds. The first-order chi connectivity index (χ1) is 12.7. The zero-order chi connectivity index (χ0) is 17.9. The zero-order valence-electron chi connectivity index (χ0n) is 15.2. The summed E-state index contributed by atoms with van der Waals surface area (Å²) < 4.78 is 2.28. The van der Waals surface area contributed by atoms with Crippen molar-refractivity contribution >= 4 is 16.9 Å². The maximum absolute atomic E-state index is 12.5. The lowest BCUT2D eigenvalue weighted by molar-refractivity contribution is 0.0954. The van der Waals surface area contributed by atoms with Gasteiger partial charge in [0.1, 0.15) is 0 Å². The molecule has 0 spiro atoms. The highest BCUT2D eigenvalue weighted by molar-refractivity contribution is 5.97. The summed E-state index contributed by atoms with van der Waals surface area (Å²) in [4.78, 5) is 17.0. The second-order valence-corrected chi connectivity index (χ2v) is 7.29. The summed E-state index contributed by atoms with van der Waals surface area (Å²) in [5.41, 5.74) is 5.21. The molecule has 1 aliphatic carbocycles. The minimum absolute atomic E-state index is 0.0329. The molecular weight excluding hydrogens is 322 g/mol. The second kappa shape index (κ2) is 7.32. The lowest BCUT2D eigenvalue weighted by Crippen LogP contribution is -2.25. The largest absolute Gasteiger partial charge is 0.352 e. The number of nitrogens with zero attached hydrogens (tertiary/aromatic N) is 2. The molecule has 1 saturated carbocycles. The Morgan fingerprint density at radius 2 is 1.92 bits per heavy atom. The van der Waals surface area contributed by atoms with E-state index in [9.17, 15) is 4.79 Å². The summed E-state index contributed by atoms with van der Waals surface area (Å²) >= 11 is 0. The summed E-state index contributed by atoms with van der Waals surface area (Å²) in [5, 5.41) is 3.02.